The first kappa shape index (κ1) is 40.1. The zero-order valence-corrected chi connectivity index (χ0v) is 33.0. The fraction of sp³-hybridized carbons (Fsp3) is 0.500. The Bertz CT molecular complexity index is 2010. The van der Waals surface area contributed by atoms with Crippen molar-refractivity contribution in [3.63, 3.8) is 0 Å². The summed E-state index contributed by atoms with van der Waals surface area (Å²) in [5, 5.41) is -0.706. The Kier molecular flexibility index (Phi) is 11.6. The molecule has 6 rings (SSSR count). The third-order valence-electron chi connectivity index (χ3n) is 11.5. The topological polar surface area (TPSA) is 175 Å². The van der Waals surface area contributed by atoms with Gasteiger partial charge in [-0.3, -0.25) is 23.7 Å². The Morgan fingerprint density at radius 1 is 1.09 bits per heavy atom. The molecule has 1 aromatic heterocycles. The van der Waals surface area contributed by atoms with Crippen LogP contribution in [0.1, 0.15) is 72.1 Å². The Hall–Kier alpha value is -4.54. The van der Waals surface area contributed by atoms with Crippen LogP contribution in [0, 0.1) is 17.3 Å². The summed E-state index contributed by atoms with van der Waals surface area (Å²) in [6.07, 6.45) is 3.26. The number of fused-ring (bicyclic) bond motifs is 1. The summed E-state index contributed by atoms with van der Waals surface area (Å²) in [6, 6.07) is 15.9. The van der Waals surface area contributed by atoms with Gasteiger partial charge in [-0.1, -0.05) is 57.2 Å². The number of pyridine rings is 1. The molecule has 0 bridgehead atoms. The van der Waals surface area contributed by atoms with Crippen LogP contribution in [0.25, 0.3) is 22.2 Å². The van der Waals surface area contributed by atoms with Crippen molar-refractivity contribution in [2.75, 3.05) is 19.8 Å². The van der Waals surface area contributed by atoms with Crippen LogP contribution in [0.5, 0.6) is 11.5 Å². The number of aromatic nitrogens is 1. The second-order valence-electron chi connectivity index (χ2n) is 16.4. The summed E-state index contributed by atoms with van der Waals surface area (Å²) < 4.78 is 31.6. The number of esters is 1. The molecule has 2 aliphatic carbocycles. The van der Waals surface area contributed by atoms with E-state index in [1.165, 1.54) is 11.0 Å². The number of ketones is 1. The smallest absolute Gasteiger partial charge is 0.306 e. The average molecular weight is 774 g/mol. The van der Waals surface area contributed by atoms with Gasteiger partial charge in [-0.05, 0) is 55.6 Å². The number of amides is 2. The number of methoxy groups -OCH3 is 1. The van der Waals surface area contributed by atoms with E-state index in [-0.39, 0.29) is 38.3 Å². The number of primary amides is 1. The molecule has 3 aliphatic rings. The average Bonchev–Trinajstić information content (AvgIpc) is 3.40. The molecule has 294 valence electrons. The van der Waals surface area contributed by atoms with Gasteiger partial charge in [0.05, 0.1) is 48.4 Å². The molecule has 3 N–H and O–H groups in total. The number of likely N-dealkylation sites (tertiary alicyclic amines) is 1. The van der Waals surface area contributed by atoms with Gasteiger partial charge in [0.25, 0.3) is 0 Å². The SMILES string of the molecule is C=C[C@@H]1C[C@]1(CC(=O)[C@@H]1C[C@@H](Oc2cc(-c3ccccc3)nc3cc(OC)ccc23)CN1C(=O)[C@@H](CC(=O)OC1CCCC1)C(C)(C)C)P(=O)(O)CC(N)=O. The van der Waals surface area contributed by atoms with Crippen LogP contribution < -0.4 is 15.2 Å². The summed E-state index contributed by atoms with van der Waals surface area (Å²) in [6.45, 7) is 9.45. The predicted molar refractivity (Wildman–Crippen MR) is 209 cm³/mol. The van der Waals surface area contributed by atoms with Gasteiger partial charge in [-0.15, -0.1) is 6.58 Å². The number of nitrogens with two attached hydrogens (primary N) is 1. The molecule has 0 radical (unpaired) electrons. The number of allylic oxidation sites excluding steroid dienone is 1. The van der Waals surface area contributed by atoms with Crippen LogP contribution in [-0.2, 0) is 28.5 Å². The van der Waals surface area contributed by atoms with Gasteiger partial charge in [0.1, 0.15) is 29.9 Å². The van der Waals surface area contributed by atoms with Crippen molar-refractivity contribution >= 4 is 41.8 Å². The van der Waals surface area contributed by atoms with Crippen molar-refractivity contribution in [2.24, 2.45) is 23.0 Å². The van der Waals surface area contributed by atoms with Gasteiger partial charge in [0.15, 0.2) is 5.78 Å². The molecular weight excluding hydrogens is 721 g/mol. The number of carbonyl (C=O) groups excluding carboxylic acids is 4. The zero-order valence-electron chi connectivity index (χ0n) is 32.1. The fourth-order valence-corrected chi connectivity index (χ4v) is 10.5. The highest BCUT2D eigenvalue weighted by molar-refractivity contribution is 7.61. The number of ether oxygens (including phenoxy) is 3. The molecule has 12 nitrogen and oxygen atoms in total. The number of rotatable bonds is 15. The van der Waals surface area contributed by atoms with Crippen molar-refractivity contribution in [1.82, 2.24) is 9.88 Å². The van der Waals surface area contributed by atoms with Crippen molar-refractivity contribution in [3.8, 4) is 22.8 Å². The van der Waals surface area contributed by atoms with Gasteiger partial charge in [-0.25, -0.2) is 4.98 Å². The third-order valence-corrected chi connectivity index (χ3v) is 14.3. The van der Waals surface area contributed by atoms with Crippen LogP contribution in [-0.4, -0.2) is 81.6 Å². The second-order valence-corrected chi connectivity index (χ2v) is 19.0. The van der Waals surface area contributed by atoms with E-state index in [0.29, 0.717) is 28.1 Å². The van der Waals surface area contributed by atoms with Crippen molar-refractivity contribution in [3.05, 3.63) is 67.3 Å². The number of nitrogens with zero attached hydrogens (tertiary/aromatic N) is 2. The van der Waals surface area contributed by atoms with Crippen molar-refractivity contribution < 1.29 is 42.8 Å². The van der Waals surface area contributed by atoms with E-state index in [1.54, 1.807) is 13.2 Å². The Labute approximate surface area is 322 Å². The van der Waals surface area contributed by atoms with Crippen LogP contribution >= 0.6 is 7.37 Å². The summed E-state index contributed by atoms with van der Waals surface area (Å²) >= 11 is 0. The van der Waals surface area contributed by atoms with Gasteiger partial charge in [-0.2, -0.15) is 0 Å². The highest BCUT2D eigenvalue weighted by atomic mass is 31.2. The van der Waals surface area contributed by atoms with Crippen LogP contribution in [0.4, 0.5) is 0 Å². The van der Waals surface area contributed by atoms with Gasteiger partial charge in [0.2, 0.25) is 19.2 Å². The van der Waals surface area contributed by atoms with Gasteiger partial charge in [0, 0.05) is 35.9 Å². The molecule has 3 aromatic rings. The number of hydrogen-bond donors (Lipinski definition) is 2. The minimum Gasteiger partial charge on any atom is -0.497 e. The van der Waals surface area contributed by atoms with Gasteiger partial charge < -0.3 is 29.7 Å². The minimum absolute atomic E-state index is 0.0239. The standard InChI is InChI=1S/C42H52N3O9P/c1-6-27-22-42(27,55(50,51)25-38(43)47)23-36(46)35-19-30(24-45(35)40(49)32(41(2,3)4)20-39(48)54-28-14-10-11-15-28)53-37-21-33(26-12-8-7-9-13-26)44-34-18-29(52-5)16-17-31(34)37/h6-9,12-13,16-18,21,27-28,30,32,35H,1,10-11,14-15,19-20,22-25H2,2-5H3,(H2,43,47)(H,50,51)/t27-,30-,32-,35+,42-/m1/s1. The van der Waals surface area contributed by atoms with E-state index in [9.17, 15) is 28.6 Å². The molecule has 2 heterocycles. The predicted octanol–water partition coefficient (Wildman–Crippen LogP) is 6.46. The normalized spacial score (nSPS) is 24.2. The maximum atomic E-state index is 14.7. The first-order valence-corrected chi connectivity index (χ1v) is 20.9. The number of carbonyl (C=O) groups is 4. The third kappa shape index (κ3) is 8.65. The van der Waals surface area contributed by atoms with E-state index in [4.69, 9.17) is 24.9 Å². The lowest BCUT2D eigenvalue weighted by Crippen LogP contribution is -2.48. The van der Waals surface area contributed by atoms with E-state index in [2.05, 4.69) is 6.58 Å². The Morgan fingerprint density at radius 3 is 2.42 bits per heavy atom. The van der Waals surface area contributed by atoms with Crippen LogP contribution in [0.3, 0.4) is 0 Å². The number of hydrogen-bond acceptors (Lipinski definition) is 9. The maximum absolute atomic E-state index is 14.7. The summed E-state index contributed by atoms with van der Waals surface area (Å²) in [4.78, 5) is 71.9. The van der Waals surface area contributed by atoms with E-state index in [1.807, 2.05) is 69.3 Å². The molecule has 3 fully saturated rings. The molecule has 13 heteroatoms. The molecule has 1 saturated heterocycles. The Morgan fingerprint density at radius 2 is 1.80 bits per heavy atom. The molecular formula is C42H52N3O9P. The fourth-order valence-electron chi connectivity index (χ4n) is 8.28. The summed E-state index contributed by atoms with van der Waals surface area (Å²) in [7, 11) is -2.67. The monoisotopic (exact) mass is 773 g/mol. The first-order valence-electron chi connectivity index (χ1n) is 19.0. The molecule has 1 aliphatic heterocycles. The molecule has 1 unspecified atom stereocenters. The lowest BCUT2D eigenvalue weighted by Gasteiger charge is -2.35. The highest BCUT2D eigenvalue weighted by Gasteiger charge is 2.65. The first-order chi connectivity index (χ1) is 26.0. The molecule has 2 saturated carbocycles. The van der Waals surface area contributed by atoms with E-state index < -0.39 is 71.7 Å². The quantitative estimate of drug-likeness (QED) is 0.0991. The van der Waals surface area contributed by atoms with Gasteiger partial charge >= 0.3 is 5.97 Å². The lowest BCUT2D eigenvalue weighted by molar-refractivity contribution is -0.156. The number of Topliss-reactive ketones (excluding diaryl/α,β-unsaturated/α-hetero) is 1. The van der Waals surface area contributed by atoms with E-state index in [0.717, 1.165) is 31.2 Å². The molecule has 2 amide bonds. The van der Waals surface area contributed by atoms with Crippen molar-refractivity contribution in [2.45, 2.75) is 95.5 Å². The molecule has 2 aromatic carbocycles. The molecule has 55 heavy (non-hydrogen) atoms. The summed E-state index contributed by atoms with van der Waals surface area (Å²) in [5.74, 6) is -2.42. The molecule has 0 spiro atoms. The lowest BCUT2D eigenvalue weighted by atomic mass is 9.77. The molecule has 6 atom stereocenters. The van der Waals surface area contributed by atoms with Crippen LogP contribution in [0.15, 0.2) is 67.3 Å². The van der Waals surface area contributed by atoms with Crippen LogP contribution in [0.2, 0.25) is 0 Å². The van der Waals surface area contributed by atoms with Crippen molar-refractivity contribution in [1.29, 1.82) is 0 Å². The number of benzene rings is 2. The highest BCUT2D eigenvalue weighted by Crippen LogP contribution is 2.72. The maximum Gasteiger partial charge on any atom is 0.306 e. The summed E-state index contributed by atoms with van der Waals surface area (Å²) in [5.41, 5.74) is 6.83. The largest absolute Gasteiger partial charge is 0.497 e. The van der Waals surface area contributed by atoms with E-state index >= 15 is 0 Å². The second kappa shape index (κ2) is 15.9. The Balaban J connectivity index is 1.35. The minimum atomic E-state index is -4.25. The zero-order chi connectivity index (χ0) is 39.7.